The number of aryl methyl sites for hydroxylation is 1. The number of carbonyl (C=O) groups is 1. The molecule has 0 aliphatic carbocycles. The van der Waals surface area contributed by atoms with E-state index in [1.807, 2.05) is 6.07 Å². The predicted octanol–water partition coefficient (Wildman–Crippen LogP) is 2.45. The number of aromatic nitrogens is 1. The summed E-state index contributed by atoms with van der Waals surface area (Å²) in [6, 6.07) is 10.3. The summed E-state index contributed by atoms with van der Waals surface area (Å²) in [6.07, 6.45) is 1.63. The highest BCUT2D eigenvalue weighted by atomic mass is 16.5. The third-order valence-corrected chi connectivity index (χ3v) is 2.53. The smallest absolute Gasteiger partial charge is 0.342 e. The third kappa shape index (κ3) is 2.66. The van der Waals surface area contributed by atoms with Crippen LogP contribution in [-0.4, -0.2) is 16.1 Å². The zero-order chi connectivity index (χ0) is 13.0. The van der Waals surface area contributed by atoms with Gasteiger partial charge in [0, 0.05) is 6.20 Å². The van der Waals surface area contributed by atoms with E-state index in [2.05, 4.69) is 4.98 Å². The lowest BCUT2D eigenvalue weighted by molar-refractivity contribution is 0.0464. The Bertz CT molecular complexity index is 552. The number of benzene rings is 1. The van der Waals surface area contributed by atoms with Gasteiger partial charge in [0.05, 0.1) is 5.69 Å². The van der Waals surface area contributed by atoms with Gasteiger partial charge in [-0.1, -0.05) is 18.2 Å². The molecule has 4 nitrogen and oxygen atoms in total. The van der Waals surface area contributed by atoms with Crippen LogP contribution < -0.4 is 0 Å². The molecule has 0 amide bonds. The van der Waals surface area contributed by atoms with E-state index in [-0.39, 0.29) is 17.9 Å². The van der Waals surface area contributed by atoms with Crippen LogP contribution in [0.25, 0.3) is 0 Å². The molecule has 0 bridgehead atoms. The maximum atomic E-state index is 11.8. The van der Waals surface area contributed by atoms with Gasteiger partial charge in [0.2, 0.25) is 0 Å². The van der Waals surface area contributed by atoms with E-state index in [0.717, 1.165) is 0 Å². The number of hydrogen-bond acceptors (Lipinski definition) is 4. The SMILES string of the molecule is Cc1cccc(C(=O)OCc2ccccn2)c1O. The molecule has 0 fully saturated rings. The Balaban J connectivity index is 2.07. The molecule has 0 radical (unpaired) electrons. The fourth-order valence-corrected chi connectivity index (χ4v) is 1.52. The summed E-state index contributed by atoms with van der Waals surface area (Å²) < 4.78 is 5.09. The molecule has 1 heterocycles. The quantitative estimate of drug-likeness (QED) is 0.841. The monoisotopic (exact) mass is 243 g/mol. The number of phenols is 1. The summed E-state index contributed by atoms with van der Waals surface area (Å²) in [7, 11) is 0. The minimum absolute atomic E-state index is 0.0384. The molecule has 1 aromatic carbocycles. The molecule has 0 saturated carbocycles. The Labute approximate surface area is 105 Å². The molecular formula is C14H13NO3. The molecule has 0 saturated heterocycles. The van der Waals surface area contributed by atoms with Gasteiger partial charge in [-0.15, -0.1) is 0 Å². The number of carbonyl (C=O) groups excluding carboxylic acids is 1. The molecule has 2 aromatic rings. The van der Waals surface area contributed by atoms with Gasteiger partial charge in [-0.2, -0.15) is 0 Å². The molecule has 0 spiro atoms. The molecule has 0 aliphatic rings. The lowest BCUT2D eigenvalue weighted by Crippen LogP contribution is -2.06. The van der Waals surface area contributed by atoms with Crippen LogP contribution in [0.1, 0.15) is 21.6 Å². The molecule has 92 valence electrons. The van der Waals surface area contributed by atoms with Crippen LogP contribution in [0.5, 0.6) is 5.75 Å². The van der Waals surface area contributed by atoms with Gasteiger partial charge >= 0.3 is 5.97 Å². The van der Waals surface area contributed by atoms with Crippen molar-refractivity contribution < 1.29 is 14.6 Å². The number of aromatic hydroxyl groups is 1. The Kier molecular flexibility index (Phi) is 3.57. The van der Waals surface area contributed by atoms with E-state index in [1.165, 1.54) is 6.07 Å². The van der Waals surface area contributed by atoms with Crippen molar-refractivity contribution in [1.29, 1.82) is 0 Å². The number of esters is 1. The fourth-order valence-electron chi connectivity index (χ4n) is 1.52. The number of para-hydroxylation sites is 1. The van der Waals surface area contributed by atoms with E-state index in [1.54, 1.807) is 37.4 Å². The number of pyridine rings is 1. The van der Waals surface area contributed by atoms with E-state index >= 15 is 0 Å². The van der Waals surface area contributed by atoms with Crippen LogP contribution in [0, 0.1) is 6.92 Å². The van der Waals surface area contributed by atoms with Crippen molar-refractivity contribution in [3.8, 4) is 5.75 Å². The Morgan fingerprint density at radius 3 is 2.83 bits per heavy atom. The first-order valence-electron chi connectivity index (χ1n) is 5.54. The highest BCUT2D eigenvalue weighted by Gasteiger charge is 2.13. The summed E-state index contributed by atoms with van der Waals surface area (Å²) >= 11 is 0. The van der Waals surface area contributed by atoms with E-state index in [0.29, 0.717) is 11.3 Å². The zero-order valence-electron chi connectivity index (χ0n) is 9.96. The normalized spacial score (nSPS) is 10.1. The summed E-state index contributed by atoms with van der Waals surface area (Å²) in [6.45, 7) is 1.82. The van der Waals surface area contributed by atoms with E-state index in [4.69, 9.17) is 4.74 Å². The summed E-state index contributed by atoms with van der Waals surface area (Å²) in [5.41, 5.74) is 1.48. The summed E-state index contributed by atoms with van der Waals surface area (Å²) in [4.78, 5) is 15.8. The highest BCUT2D eigenvalue weighted by Crippen LogP contribution is 2.22. The van der Waals surface area contributed by atoms with Gasteiger partial charge in [-0.25, -0.2) is 4.79 Å². The van der Waals surface area contributed by atoms with Crippen LogP contribution in [0.2, 0.25) is 0 Å². The van der Waals surface area contributed by atoms with Crippen molar-refractivity contribution >= 4 is 5.97 Å². The first-order valence-corrected chi connectivity index (χ1v) is 5.54. The van der Waals surface area contributed by atoms with Gasteiger partial charge in [0.25, 0.3) is 0 Å². The topological polar surface area (TPSA) is 59.4 Å². The molecule has 1 N–H and O–H groups in total. The van der Waals surface area contributed by atoms with Crippen LogP contribution >= 0.6 is 0 Å². The maximum Gasteiger partial charge on any atom is 0.342 e. The van der Waals surface area contributed by atoms with Crippen LogP contribution in [-0.2, 0) is 11.3 Å². The number of nitrogens with zero attached hydrogens (tertiary/aromatic N) is 1. The molecular weight excluding hydrogens is 230 g/mol. The average molecular weight is 243 g/mol. The van der Waals surface area contributed by atoms with Crippen molar-refractivity contribution in [3.63, 3.8) is 0 Å². The number of phenolic OH excluding ortho intramolecular Hbond substituents is 1. The molecule has 1 aromatic heterocycles. The maximum absolute atomic E-state index is 11.8. The molecule has 18 heavy (non-hydrogen) atoms. The zero-order valence-corrected chi connectivity index (χ0v) is 9.96. The first-order chi connectivity index (χ1) is 8.68. The minimum Gasteiger partial charge on any atom is -0.507 e. The lowest BCUT2D eigenvalue weighted by Gasteiger charge is -2.07. The van der Waals surface area contributed by atoms with Crippen molar-refractivity contribution in [2.75, 3.05) is 0 Å². The van der Waals surface area contributed by atoms with Gasteiger partial charge in [0.1, 0.15) is 17.9 Å². The Morgan fingerprint density at radius 1 is 1.28 bits per heavy atom. The van der Waals surface area contributed by atoms with Crippen molar-refractivity contribution in [3.05, 3.63) is 59.4 Å². The Hall–Kier alpha value is -2.36. The Morgan fingerprint density at radius 2 is 2.11 bits per heavy atom. The van der Waals surface area contributed by atoms with E-state index < -0.39 is 5.97 Å². The van der Waals surface area contributed by atoms with Gasteiger partial charge < -0.3 is 9.84 Å². The summed E-state index contributed by atoms with van der Waals surface area (Å²) in [5, 5.41) is 9.75. The second kappa shape index (κ2) is 5.31. The first kappa shape index (κ1) is 12.1. The average Bonchev–Trinajstić information content (AvgIpc) is 2.40. The van der Waals surface area contributed by atoms with Crippen LogP contribution in [0.4, 0.5) is 0 Å². The molecule has 0 unspecified atom stereocenters. The number of hydrogen-bond donors (Lipinski definition) is 1. The van der Waals surface area contributed by atoms with Gasteiger partial charge in [-0.3, -0.25) is 4.98 Å². The van der Waals surface area contributed by atoms with Crippen molar-refractivity contribution in [2.45, 2.75) is 13.5 Å². The van der Waals surface area contributed by atoms with Crippen molar-refractivity contribution in [2.24, 2.45) is 0 Å². The molecule has 0 atom stereocenters. The number of rotatable bonds is 3. The van der Waals surface area contributed by atoms with Crippen molar-refractivity contribution in [1.82, 2.24) is 4.98 Å². The summed E-state index contributed by atoms with van der Waals surface area (Å²) in [5.74, 6) is -0.592. The minimum atomic E-state index is -0.554. The lowest BCUT2D eigenvalue weighted by atomic mass is 10.1. The van der Waals surface area contributed by atoms with E-state index in [9.17, 15) is 9.90 Å². The van der Waals surface area contributed by atoms with Gasteiger partial charge in [0.15, 0.2) is 0 Å². The second-order valence-electron chi connectivity index (χ2n) is 3.87. The largest absolute Gasteiger partial charge is 0.507 e. The van der Waals surface area contributed by atoms with Crippen LogP contribution in [0.3, 0.4) is 0 Å². The van der Waals surface area contributed by atoms with Crippen LogP contribution in [0.15, 0.2) is 42.6 Å². The molecule has 4 heteroatoms. The third-order valence-electron chi connectivity index (χ3n) is 2.53. The fraction of sp³-hybridized carbons (Fsp3) is 0.143. The number of ether oxygens (including phenoxy) is 1. The standard InChI is InChI=1S/C14H13NO3/c1-10-5-4-7-12(13(10)16)14(17)18-9-11-6-2-3-8-15-11/h2-8,16H,9H2,1H3. The molecule has 0 aliphatic heterocycles. The molecule has 2 rings (SSSR count). The predicted molar refractivity (Wildman–Crippen MR) is 66.2 cm³/mol. The second-order valence-corrected chi connectivity index (χ2v) is 3.87. The van der Waals surface area contributed by atoms with Gasteiger partial charge in [-0.05, 0) is 30.7 Å². The highest BCUT2D eigenvalue weighted by molar-refractivity contribution is 5.92.